The third-order valence-corrected chi connectivity index (χ3v) is 5.37. The lowest BCUT2D eigenvalue weighted by atomic mass is 10.1. The normalized spacial score (nSPS) is 16.6. The number of nitrogens with one attached hydrogen (secondary N) is 1. The average molecular weight is 408 g/mol. The van der Waals surface area contributed by atoms with Crippen LogP contribution in [0.2, 0.25) is 0 Å². The Labute approximate surface area is 172 Å². The molecule has 1 aliphatic heterocycles. The van der Waals surface area contributed by atoms with E-state index in [0.29, 0.717) is 18.5 Å². The molecule has 0 bridgehead atoms. The number of hydrogen-bond donors (Lipinski definition) is 1. The van der Waals surface area contributed by atoms with Gasteiger partial charge in [-0.15, -0.1) is 0 Å². The predicted octanol–water partition coefficient (Wildman–Crippen LogP) is 2.49. The Balaban J connectivity index is 1.40. The van der Waals surface area contributed by atoms with Crippen molar-refractivity contribution in [2.24, 2.45) is 7.05 Å². The highest BCUT2D eigenvalue weighted by Crippen LogP contribution is 2.31. The van der Waals surface area contributed by atoms with Gasteiger partial charge in [-0.25, -0.2) is 18.9 Å². The fourth-order valence-corrected chi connectivity index (χ4v) is 3.51. The van der Waals surface area contributed by atoms with Gasteiger partial charge in [-0.1, -0.05) is 0 Å². The Hall–Kier alpha value is -3.53. The number of nitrogens with zero attached hydrogens (tertiary/aromatic N) is 7. The van der Waals surface area contributed by atoms with E-state index < -0.39 is 5.82 Å². The summed E-state index contributed by atoms with van der Waals surface area (Å²) in [4.78, 5) is 10.1. The number of likely N-dealkylation sites (tertiary alicyclic amines) is 1. The van der Waals surface area contributed by atoms with Crippen molar-refractivity contribution < 1.29 is 9.13 Å². The van der Waals surface area contributed by atoms with Crippen molar-refractivity contribution in [3.8, 4) is 17.0 Å². The molecular formula is C20H21FN8O. The Morgan fingerprint density at radius 1 is 1.20 bits per heavy atom. The standard InChI is InChI=1S/C20H21FN8O/c1-27-5-4-15(27)12-30-17-11-24-28(2)19(17)13-3-6-29-16(7-13)8-18(26-29)25-20-22-9-14(21)10-23-20/h3,6-11,15H,4-5,12H2,1-2H3,(H,22,23,25,26)/t15-/m1/s1. The Kier molecular flexibility index (Phi) is 4.55. The molecule has 0 unspecified atom stereocenters. The molecule has 0 radical (unpaired) electrons. The van der Waals surface area contributed by atoms with Gasteiger partial charge < -0.3 is 10.1 Å². The first-order valence-corrected chi connectivity index (χ1v) is 9.66. The van der Waals surface area contributed by atoms with Crippen LogP contribution >= 0.6 is 0 Å². The highest BCUT2D eigenvalue weighted by Gasteiger charge is 2.25. The monoisotopic (exact) mass is 408 g/mol. The molecule has 1 saturated heterocycles. The summed E-state index contributed by atoms with van der Waals surface area (Å²) >= 11 is 0. The van der Waals surface area contributed by atoms with Crippen LogP contribution in [0.1, 0.15) is 6.42 Å². The second-order valence-electron chi connectivity index (χ2n) is 7.38. The molecule has 4 aromatic rings. The van der Waals surface area contributed by atoms with E-state index in [0.717, 1.165) is 47.9 Å². The number of hydrogen-bond acceptors (Lipinski definition) is 7. The zero-order valence-electron chi connectivity index (χ0n) is 16.7. The van der Waals surface area contributed by atoms with Crippen LogP contribution in [0, 0.1) is 5.82 Å². The van der Waals surface area contributed by atoms with Gasteiger partial charge in [0.1, 0.15) is 12.3 Å². The van der Waals surface area contributed by atoms with Gasteiger partial charge in [-0.05, 0) is 32.1 Å². The Morgan fingerprint density at radius 2 is 2.03 bits per heavy atom. The number of likely N-dealkylation sites (N-methyl/N-ethyl adjacent to an activating group) is 1. The first-order valence-electron chi connectivity index (χ1n) is 9.66. The van der Waals surface area contributed by atoms with Crippen molar-refractivity contribution >= 4 is 17.3 Å². The minimum absolute atomic E-state index is 0.281. The van der Waals surface area contributed by atoms with E-state index in [4.69, 9.17) is 4.74 Å². The topological polar surface area (TPSA) is 85.4 Å². The molecule has 1 atom stereocenters. The summed E-state index contributed by atoms with van der Waals surface area (Å²) in [5.41, 5.74) is 2.77. The van der Waals surface area contributed by atoms with Crippen LogP contribution in [0.4, 0.5) is 16.2 Å². The number of anilines is 2. The van der Waals surface area contributed by atoms with Gasteiger partial charge in [-0.3, -0.25) is 9.58 Å². The zero-order valence-corrected chi connectivity index (χ0v) is 16.7. The molecule has 0 aliphatic carbocycles. The molecule has 1 fully saturated rings. The highest BCUT2D eigenvalue weighted by molar-refractivity contribution is 5.72. The highest BCUT2D eigenvalue weighted by atomic mass is 19.1. The van der Waals surface area contributed by atoms with E-state index in [9.17, 15) is 4.39 Å². The molecule has 4 aromatic heterocycles. The number of halogens is 1. The first kappa shape index (κ1) is 18.5. The maximum Gasteiger partial charge on any atom is 0.228 e. The molecule has 9 nitrogen and oxygen atoms in total. The third-order valence-electron chi connectivity index (χ3n) is 5.37. The van der Waals surface area contributed by atoms with Crippen LogP contribution in [0.25, 0.3) is 16.8 Å². The Bertz CT molecular complexity index is 1190. The zero-order chi connectivity index (χ0) is 20.7. The number of rotatable bonds is 6. The van der Waals surface area contributed by atoms with Crippen LogP contribution in [-0.2, 0) is 7.05 Å². The maximum absolute atomic E-state index is 13.0. The predicted molar refractivity (Wildman–Crippen MR) is 109 cm³/mol. The van der Waals surface area contributed by atoms with Crippen molar-refractivity contribution in [2.45, 2.75) is 12.5 Å². The van der Waals surface area contributed by atoms with E-state index in [-0.39, 0.29) is 5.95 Å². The average Bonchev–Trinajstić information content (AvgIpc) is 3.30. The van der Waals surface area contributed by atoms with Gasteiger partial charge in [-0.2, -0.15) is 10.2 Å². The van der Waals surface area contributed by atoms with Gasteiger partial charge in [0.15, 0.2) is 17.4 Å². The van der Waals surface area contributed by atoms with Crippen molar-refractivity contribution in [1.29, 1.82) is 0 Å². The van der Waals surface area contributed by atoms with Crippen LogP contribution < -0.4 is 10.1 Å². The smallest absolute Gasteiger partial charge is 0.228 e. The summed E-state index contributed by atoms with van der Waals surface area (Å²) in [6.07, 6.45) is 7.00. The molecule has 0 saturated carbocycles. The van der Waals surface area contributed by atoms with E-state index in [2.05, 4.69) is 37.4 Å². The summed E-state index contributed by atoms with van der Waals surface area (Å²) in [5.74, 6) is 1.12. The van der Waals surface area contributed by atoms with Crippen LogP contribution in [0.5, 0.6) is 5.75 Å². The molecule has 0 aromatic carbocycles. The summed E-state index contributed by atoms with van der Waals surface area (Å²) in [6, 6.07) is 6.31. The molecule has 5 heterocycles. The van der Waals surface area contributed by atoms with E-state index in [1.165, 1.54) is 0 Å². The van der Waals surface area contributed by atoms with Crippen molar-refractivity contribution in [1.82, 2.24) is 34.3 Å². The molecular weight excluding hydrogens is 387 g/mol. The second kappa shape index (κ2) is 7.38. The molecule has 1 aliphatic rings. The molecule has 0 spiro atoms. The molecule has 0 amide bonds. The molecule has 154 valence electrons. The second-order valence-corrected chi connectivity index (χ2v) is 7.38. The first-order chi connectivity index (χ1) is 14.6. The van der Waals surface area contributed by atoms with Gasteiger partial charge in [0.25, 0.3) is 0 Å². The quantitative estimate of drug-likeness (QED) is 0.525. The fourth-order valence-electron chi connectivity index (χ4n) is 3.51. The minimum atomic E-state index is -0.488. The van der Waals surface area contributed by atoms with Crippen LogP contribution in [-0.4, -0.2) is 60.5 Å². The van der Waals surface area contributed by atoms with Gasteiger partial charge in [0.2, 0.25) is 5.95 Å². The van der Waals surface area contributed by atoms with Crippen LogP contribution in [0.3, 0.4) is 0 Å². The SMILES string of the molecule is CN1CC[C@@H]1COc1cnn(C)c1-c1ccn2nc(Nc3ncc(F)cn3)cc2c1. The third kappa shape index (κ3) is 3.45. The molecule has 10 heteroatoms. The van der Waals surface area contributed by atoms with Crippen LogP contribution in [0.15, 0.2) is 43.0 Å². The maximum atomic E-state index is 13.0. The number of fused-ring (bicyclic) bond motifs is 1. The van der Waals surface area contributed by atoms with E-state index in [1.54, 1.807) is 10.7 Å². The summed E-state index contributed by atoms with van der Waals surface area (Å²) in [5, 5.41) is 11.8. The van der Waals surface area contributed by atoms with E-state index in [1.807, 2.05) is 36.1 Å². The minimum Gasteiger partial charge on any atom is -0.488 e. The van der Waals surface area contributed by atoms with Crippen molar-refractivity contribution in [2.75, 3.05) is 25.5 Å². The fraction of sp³-hybridized carbons (Fsp3) is 0.300. The van der Waals surface area contributed by atoms with Gasteiger partial charge >= 0.3 is 0 Å². The summed E-state index contributed by atoms with van der Waals surface area (Å²) in [6.45, 7) is 1.76. The van der Waals surface area contributed by atoms with Gasteiger partial charge in [0, 0.05) is 30.9 Å². The lowest BCUT2D eigenvalue weighted by Gasteiger charge is -2.37. The number of ether oxygens (including phenoxy) is 1. The number of aromatic nitrogens is 6. The van der Waals surface area contributed by atoms with Gasteiger partial charge in [0.05, 0.1) is 24.1 Å². The van der Waals surface area contributed by atoms with Crippen molar-refractivity contribution in [3.05, 3.63) is 48.8 Å². The molecule has 30 heavy (non-hydrogen) atoms. The molecule has 5 rings (SSSR count). The largest absolute Gasteiger partial charge is 0.488 e. The Morgan fingerprint density at radius 3 is 2.77 bits per heavy atom. The van der Waals surface area contributed by atoms with Crippen molar-refractivity contribution in [3.63, 3.8) is 0 Å². The number of aryl methyl sites for hydroxylation is 1. The summed E-state index contributed by atoms with van der Waals surface area (Å²) in [7, 11) is 4.01. The van der Waals surface area contributed by atoms with E-state index >= 15 is 0 Å². The summed E-state index contributed by atoms with van der Waals surface area (Å²) < 4.78 is 22.6. The number of pyridine rings is 1. The lowest BCUT2D eigenvalue weighted by Crippen LogP contribution is -2.48. The molecule has 1 N–H and O–H groups in total. The lowest BCUT2D eigenvalue weighted by molar-refractivity contribution is 0.0771.